The Labute approximate surface area is 188 Å². The number of fused-ring (bicyclic) bond motifs is 1. The van der Waals surface area contributed by atoms with Crippen molar-refractivity contribution in [1.29, 1.82) is 5.26 Å². The molecule has 3 amide bonds. The topological polar surface area (TPSA) is 124 Å². The average Bonchev–Trinajstić information content (AvgIpc) is 3.58. The van der Waals surface area contributed by atoms with Gasteiger partial charge in [0.25, 0.3) is 17.7 Å². The fourth-order valence-corrected chi connectivity index (χ4v) is 4.07. The summed E-state index contributed by atoms with van der Waals surface area (Å²) in [5, 5.41) is 9.43. The molecule has 10 nitrogen and oxygen atoms in total. The number of carbonyl (C=O) groups excluding carboxylic acids is 3. The number of aromatic nitrogens is 1. The molecule has 4 heterocycles. The molecule has 0 saturated carbocycles. The summed E-state index contributed by atoms with van der Waals surface area (Å²) in [5.41, 5.74) is 0.905. The summed E-state index contributed by atoms with van der Waals surface area (Å²) in [6.45, 7) is 1.80. The molecule has 3 aromatic rings. The first kappa shape index (κ1) is 20.5. The average molecular weight is 445 g/mol. The van der Waals surface area contributed by atoms with Crippen molar-refractivity contribution in [1.82, 2.24) is 14.8 Å². The number of hydrogen-bond acceptors (Lipinski definition) is 8. The van der Waals surface area contributed by atoms with Gasteiger partial charge in [0.2, 0.25) is 17.5 Å². The van der Waals surface area contributed by atoms with Gasteiger partial charge in [0.15, 0.2) is 5.76 Å². The van der Waals surface area contributed by atoms with E-state index in [1.807, 2.05) is 11.0 Å². The molecule has 1 fully saturated rings. The molecule has 0 aliphatic carbocycles. The Morgan fingerprint density at radius 2 is 1.73 bits per heavy atom. The summed E-state index contributed by atoms with van der Waals surface area (Å²) in [4.78, 5) is 46.5. The van der Waals surface area contributed by atoms with Crippen molar-refractivity contribution in [3.8, 4) is 17.7 Å². The lowest BCUT2D eigenvalue weighted by Gasteiger charge is -2.34. The predicted octanol–water partition coefficient (Wildman–Crippen LogP) is 2.14. The van der Waals surface area contributed by atoms with E-state index in [9.17, 15) is 19.6 Å². The number of nitrogens with zero attached hydrogens (tertiary/aromatic N) is 5. The van der Waals surface area contributed by atoms with Crippen molar-refractivity contribution >= 4 is 23.6 Å². The third-order valence-corrected chi connectivity index (χ3v) is 5.79. The number of piperazine rings is 1. The van der Waals surface area contributed by atoms with Gasteiger partial charge < -0.3 is 18.6 Å². The third kappa shape index (κ3) is 3.63. The lowest BCUT2D eigenvalue weighted by molar-refractivity contribution is -0.131. The Morgan fingerprint density at radius 3 is 2.33 bits per heavy atom. The van der Waals surface area contributed by atoms with Crippen LogP contribution in [0.2, 0.25) is 0 Å². The van der Waals surface area contributed by atoms with Gasteiger partial charge in [-0.25, -0.2) is 0 Å². The molecular weight excluding hydrogens is 426 g/mol. The Hall–Kier alpha value is -4.39. The highest BCUT2D eigenvalue weighted by Crippen LogP contribution is 2.29. The molecule has 2 aliphatic rings. The fraction of sp³-hybridized carbons (Fsp3) is 0.261. The number of imide groups is 1. The second-order valence-electron chi connectivity index (χ2n) is 7.69. The third-order valence-electron chi connectivity index (χ3n) is 5.79. The number of nitriles is 1. The van der Waals surface area contributed by atoms with E-state index in [0.717, 1.165) is 4.90 Å². The van der Waals surface area contributed by atoms with Crippen LogP contribution in [0.25, 0.3) is 11.7 Å². The van der Waals surface area contributed by atoms with Gasteiger partial charge in [-0.3, -0.25) is 19.3 Å². The lowest BCUT2D eigenvalue weighted by Crippen LogP contribution is -2.49. The molecule has 0 radical (unpaired) electrons. The minimum Gasteiger partial charge on any atom is -0.459 e. The van der Waals surface area contributed by atoms with E-state index in [-0.39, 0.29) is 42.3 Å². The zero-order valence-corrected chi connectivity index (χ0v) is 17.6. The molecule has 2 aliphatic heterocycles. The van der Waals surface area contributed by atoms with Crippen molar-refractivity contribution in [3.63, 3.8) is 0 Å². The Morgan fingerprint density at radius 1 is 1.03 bits per heavy atom. The Bertz CT molecular complexity index is 1230. The number of amides is 3. The summed E-state index contributed by atoms with van der Waals surface area (Å²) < 4.78 is 11.1. The maximum Gasteiger partial charge on any atom is 0.266 e. The molecule has 33 heavy (non-hydrogen) atoms. The van der Waals surface area contributed by atoms with E-state index in [4.69, 9.17) is 8.83 Å². The van der Waals surface area contributed by atoms with Crippen molar-refractivity contribution in [2.75, 3.05) is 37.6 Å². The minimum absolute atomic E-state index is 0.0403. The number of hydrogen-bond donors (Lipinski definition) is 0. The van der Waals surface area contributed by atoms with Gasteiger partial charge in [-0.2, -0.15) is 10.2 Å². The van der Waals surface area contributed by atoms with E-state index >= 15 is 0 Å². The van der Waals surface area contributed by atoms with Crippen LogP contribution >= 0.6 is 0 Å². The largest absolute Gasteiger partial charge is 0.459 e. The van der Waals surface area contributed by atoms with Gasteiger partial charge in [0, 0.05) is 39.1 Å². The van der Waals surface area contributed by atoms with Crippen LogP contribution in [0, 0.1) is 11.3 Å². The second kappa shape index (κ2) is 8.27. The minimum atomic E-state index is -0.366. The van der Waals surface area contributed by atoms with Gasteiger partial charge in [-0.1, -0.05) is 12.1 Å². The van der Waals surface area contributed by atoms with E-state index in [1.165, 1.54) is 6.26 Å². The molecule has 166 valence electrons. The van der Waals surface area contributed by atoms with Crippen LogP contribution < -0.4 is 4.90 Å². The summed E-state index contributed by atoms with van der Waals surface area (Å²) >= 11 is 0. The summed E-state index contributed by atoms with van der Waals surface area (Å²) in [6, 6.07) is 12.1. The number of anilines is 1. The van der Waals surface area contributed by atoms with Crippen LogP contribution in [0.3, 0.4) is 0 Å². The molecule has 0 bridgehead atoms. The number of carbonyl (C=O) groups is 3. The fourth-order valence-electron chi connectivity index (χ4n) is 4.07. The first-order valence-electron chi connectivity index (χ1n) is 10.5. The van der Waals surface area contributed by atoms with Gasteiger partial charge in [-0.15, -0.1) is 0 Å². The van der Waals surface area contributed by atoms with Crippen LogP contribution in [0.15, 0.2) is 51.5 Å². The van der Waals surface area contributed by atoms with Gasteiger partial charge >= 0.3 is 0 Å². The van der Waals surface area contributed by atoms with E-state index in [0.29, 0.717) is 49.0 Å². The van der Waals surface area contributed by atoms with Crippen LogP contribution in [-0.4, -0.2) is 65.2 Å². The molecule has 2 aromatic heterocycles. The van der Waals surface area contributed by atoms with Crippen molar-refractivity contribution in [2.45, 2.75) is 6.42 Å². The van der Waals surface area contributed by atoms with Crippen molar-refractivity contribution < 1.29 is 23.2 Å². The van der Waals surface area contributed by atoms with Gasteiger partial charge in [-0.05, 0) is 24.3 Å². The van der Waals surface area contributed by atoms with Crippen molar-refractivity contribution in [3.05, 3.63) is 59.5 Å². The lowest BCUT2D eigenvalue weighted by atomic mass is 10.1. The van der Waals surface area contributed by atoms with Crippen LogP contribution in [0.1, 0.15) is 32.8 Å². The molecule has 0 unspecified atom stereocenters. The highest BCUT2D eigenvalue weighted by Gasteiger charge is 2.35. The maximum atomic E-state index is 12.7. The number of benzene rings is 1. The molecule has 0 N–H and O–H groups in total. The SMILES string of the molecule is N#Cc1nc(-c2ccco2)oc1N1CCN(C(=O)CCN2C(=O)c3ccccc3C2=O)CC1. The summed E-state index contributed by atoms with van der Waals surface area (Å²) in [7, 11) is 0. The maximum absolute atomic E-state index is 12.7. The monoisotopic (exact) mass is 445 g/mol. The standard InChI is InChI=1S/C23H19N5O5/c24-14-17-23(33-20(25-17)18-6-3-13-32-18)27-11-9-26(10-12-27)19(29)7-8-28-21(30)15-4-1-2-5-16(15)22(28)31/h1-6,13H,7-12H2. The van der Waals surface area contributed by atoms with E-state index in [1.54, 1.807) is 41.3 Å². The second-order valence-corrected chi connectivity index (χ2v) is 7.69. The zero-order valence-electron chi connectivity index (χ0n) is 17.6. The van der Waals surface area contributed by atoms with Gasteiger partial charge in [0.1, 0.15) is 6.07 Å². The predicted molar refractivity (Wildman–Crippen MR) is 114 cm³/mol. The normalized spacial score (nSPS) is 15.7. The first-order chi connectivity index (χ1) is 16.1. The van der Waals surface area contributed by atoms with Crippen LogP contribution in [0.5, 0.6) is 0 Å². The van der Waals surface area contributed by atoms with Gasteiger partial charge in [0.05, 0.1) is 17.4 Å². The molecular formula is C23H19N5O5. The Balaban J connectivity index is 1.18. The van der Waals surface area contributed by atoms with E-state index in [2.05, 4.69) is 4.98 Å². The van der Waals surface area contributed by atoms with Crippen LogP contribution in [0.4, 0.5) is 5.88 Å². The summed E-state index contributed by atoms with van der Waals surface area (Å²) in [6.07, 6.45) is 1.55. The highest BCUT2D eigenvalue weighted by molar-refractivity contribution is 6.21. The molecule has 5 rings (SSSR count). The number of furan rings is 1. The quantitative estimate of drug-likeness (QED) is 0.547. The highest BCUT2D eigenvalue weighted by atomic mass is 16.4. The molecule has 1 saturated heterocycles. The molecule has 1 aromatic carbocycles. The van der Waals surface area contributed by atoms with E-state index < -0.39 is 0 Å². The Kier molecular flexibility index (Phi) is 5.14. The first-order valence-corrected chi connectivity index (χ1v) is 10.5. The molecule has 0 spiro atoms. The number of oxazole rings is 1. The zero-order chi connectivity index (χ0) is 22.9. The van der Waals surface area contributed by atoms with Crippen molar-refractivity contribution in [2.24, 2.45) is 0 Å². The van der Waals surface area contributed by atoms with Crippen LogP contribution in [-0.2, 0) is 4.79 Å². The summed E-state index contributed by atoms with van der Waals surface area (Å²) in [5.74, 6) is 0.137. The molecule has 10 heteroatoms. The smallest absolute Gasteiger partial charge is 0.266 e. The number of rotatable bonds is 5. The molecule has 0 atom stereocenters.